The summed E-state index contributed by atoms with van der Waals surface area (Å²) in [5.74, 6) is 0.189. The van der Waals surface area contributed by atoms with Crippen LogP contribution < -0.4 is 8.92 Å². The minimum Gasteiger partial charge on any atom is -0.497 e. The first-order valence-electron chi connectivity index (χ1n) is 10.0. The van der Waals surface area contributed by atoms with E-state index in [1.807, 2.05) is 0 Å². The number of amides is 2. The first kappa shape index (κ1) is 25.1. The maximum absolute atomic E-state index is 12.8. The molecule has 180 valence electrons. The van der Waals surface area contributed by atoms with Crippen molar-refractivity contribution in [3.8, 4) is 11.5 Å². The standard InChI is InChI=1S/C24H17Cl2NO6S2/c1-32-17-7-9-19(10-8-17)35(30,31)33-18-5-2-15(3-6-18)13-22-23(28)27(24(29)34-22)14-16-4-11-20(25)21(26)12-16/h2-13H,14H2,1H3/b22-13-. The average Bonchev–Trinajstić information content (AvgIpc) is 3.09. The highest BCUT2D eigenvalue weighted by Gasteiger charge is 2.35. The lowest BCUT2D eigenvalue weighted by molar-refractivity contribution is -0.123. The fourth-order valence-electron chi connectivity index (χ4n) is 3.15. The van der Waals surface area contributed by atoms with Crippen LogP contribution in [0.3, 0.4) is 0 Å². The van der Waals surface area contributed by atoms with Gasteiger partial charge in [-0.15, -0.1) is 0 Å². The molecule has 1 aliphatic rings. The Balaban J connectivity index is 1.45. The molecule has 1 aliphatic heterocycles. The van der Waals surface area contributed by atoms with Gasteiger partial charge in [-0.05, 0) is 77.5 Å². The largest absolute Gasteiger partial charge is 0.497 e. The van der Waals surface area contributed by atoms with Gasteiger partial charge in [-0.25, -0.2) is 0 Å². The zero-order valence-corrected chi connectivity index (χ0v) is 21.2. The monoisotopic (exact) mass is 549 g/mol. The first-order valence-corrected chi connectivity index (χ1v) is 13.0. The van der Waals surface area contributed by atoms with Crippen LogP contribution in [0, 0.1) is 0 Å². The van der Waals surface area contributed by atoms with E-state index in [9.17, 15) is 18.0 Å². The van der Waals surface area contributed by atoms with Gasteiger partial charge in [0, 0.05) is 0 Å². The SMILES string of the molecule is COc1ccc(S(=O)(=O)Oc2ccc(/C=C3\SC(=O)N(Cc4ccc(Cl)c(Cl)c4)C3=O)cc2)cc1. The average molecular weight is 550 g/mol. The lowest BCUT2D eigenvalue weighted by Gasteiger charge is -2.12. The Morgan fingerprint density at radius 2 is 1.57 bits per heavy atom. The molecule has 0 bridgehead atoms. The van der Waals surface area contributed by atoms with Crippen LogP contribution in [0.15, 0.2) is 76.5 Å². The Morgan fingerprint density at radius 3 is 2.20 bits per heavy atom. The molecule has 0 aromatic heterocycles. The zero-order chi connectivity index (χ0) is 25.2. The molecule has 0 aliphatic carbocycles. The molecular weight excluding hydrogens is 533 g/mol. The first-order chi connectivity index (χ1) is 16.7. The van der Waals surface area contributed by atoms with Gasteiger partial charge in [0.05, 0.1) is 28.6 Å². The Hall–Kier alpha value is -2.98. The van der Waals surface area contributed by atoms with Gasteiger partial charge in [0.2, 0.25) is 0 Å². The Morgan fingerprint density at radius 1 is 0.914 bits per heavy atom. The second-order valence-corrected chi connectivity index (χ2v) is 10.7. The molecule has 0 atom stereocenters. The maximum Gasteiger partial charge on any atom is 0.339 e. The molecule has 11 heteroatoms. The number of nitrogens with zero attached hydrogens (tertiary/aromatic N) is 1. The summed E-state index contributed by atoms with van der Waals surface area (Å²) in [4.78, 5) is 26.5. The molecule has 1 saturated heterocycles. The number of methoxy groups -OCH3 is 1. The van der Waals surface area contributed by atoms with Crippen molar-refractivity contribution >= 4 is 62.3 Å². The van der Waals surface area contributed by atoms with E-state index in [0.717, 1.165) is 16.7 Å². The second-order valence-electron chi connectivity index (χ2n) is 7.30. The predicted molar refractivity (Wildman–Crippen MR) is 135 cm³/mol. The molecule has 1 fully saturated rings. The molecular formula is C24H17Cl2NO6S2. The molecule has 7 nitrogen and oxygen atoms in total. The van der Waals surface area contributed by atoms with E-state index in [0.29, 0.717) is 26.9 Å². The van der Waals surface area contributed by atoms with E-state index in [-0.39, 0.29) is 22.1 Å². The van der Waals surface area contributed by atoms with Crippen molar-refractivity contribution in [1.29, 1.82) is 0 Å². The van der Waals surface area contributed by atoms with Crippen LogP contribution in [-0.2, 0) is 21.5 Å². The van der Waals surface area contributed by atoms with Crippen LogP contribution in [-0.4, -0.2) is 31.6 Å². The Kier molecular flexibility index (Phi) is 7.42. The molecule has 4 rings (SSSR count). The Labute approximate surface area is 216 Å². The number of hydrogen-bond acceptors (Lipinski definition) is 7. The summed E-state index contributed by atoms with van der Waals surface area (Å²) in [7, 11) is -2.55. The van der Waals surface area contributed by atoms with E-state index in [1.54, 1.807) is 36.4 Å². The number of ether oxygens (including phenoxy) is 1. The van der Waals surface area contributed by atoms with Gasteiger partial charge in [-0.3, -0.25) is 14.5 Å². The highest BCUT2D eigenvalue weighted by molar-refractivity contribution is 8.18. The second kappa shape index (κ2) is 10.3. The molecule has 3 aromatic carbocycles. The van der Waals surface area contributed by atoms with Gasteiger partial charge in [-0.1, -0.05) is 41.4 Å². The van der Waals surface area contributed by atoms with Crippen molar-refractivity contribution < 1.29 is 26.9 Å². The molecule has 35 heavy (non-hydrogen) atoms. The fraction of sp³-hybridized carbons (Fsp3) is 0.0833. The minimum atomic E-state index is -4.03. The van der Waals surface area contributed by atoms with Crippen LogP contribution >= 0.6 is 35.0 Å². The highest BCUT2D eigenvalue weighted by atomic mass is 35.5. The molecule has 0 saturated carbocycles. The van der Waals surface area contributed by atoms with E-state index >= 15 is 0 Å². The maximum atomic E-state index is 12.8. The summed E-state index contributed by atoms with van der Waals surface area (Å²) in [5.41, 5.74) is 1.27. The van der Waals surface area contributed by atoms with E-state index in [4.69, 9.17) is 32.1 Å². The topological polar surface area (TPSA) is 90.0 Å². The molecule has 3 aromatic rings. The van der Waals surface area contributed by atoms with Crippen LogP contribution in [0.25, 0.3) is 6.08 Å². The summed E-state index contributed by atoms with van der Waals surface area (Å²) >= 11 is 12.8. The summed E-state index contributed by atoms with van der Waals surface area (Å²) in [6.45, 7) is 0.0644. The normalized spacial score (nSPS) is 15.1. The molecule has 1 heterocycles. The minimum absolute atomic E-state index is 0.0157. The summed E-state index contributed by atoms with van der Waals surface area (Å²) < 4.78 is 35.2. The van der Waals surface area contributed by atoms with Crippen molar-refractivity contribution in [1.82, 2.24) is 4.90 Å². The zero-order valence-electron chi connectivity index (χ0n) is 18.1. The van der Waals surface area contributed by atoms with E-state index in [1.165, 1.54) is 43.5 Å². The third-order valence-corrected chi connectivity index (χ3v) is 7.84. The number of benzene rings is 3. The fourth-order valence-corrected chi connectivity index (χ4v) is 5.23. The number of carbonyl (C=O) groups is 2. The number of imide groups is 1. The summed E-state index contributed by atoms with van der Waals surface area (Å²) in [6.07, 6.45) is 1.56. The van der Waals surface area contributed by atoms with E-state index < -0.39 is 21.3 Å². The predicted octanol–water partition coefficient (Wildman–Crippen LogP) is 6.01. The number of rotatable bonds is 7. The summed E-state index contributed by atoms with van der Waals surface area (Å²) in [6, 6.07) is 16.8. The van der Waals surface area contributed by atoms with Crippen molar-refractivity contribution in [2.24, 2.45) is 0 Å². The highest BCUT2D eigenvalue weighted by Crippen LogP contribution is 2.34. The van der Waals surface area contributed by atoms with Crippen molar-refractivity contribution in [3.05, 3.63) is 92.8 Å². The smallest absolute Gasteiger partial charge is 0.339 e. The van der Waals surface area contributed by atoms with E-state index in [2.05, 4.69) is 0 Å². The van der Waals surface area contributed by atoms with Gasteiger partial charge in [-0.2, -0.15) is 8.42 Å². The van der Waals surface area contributed by atoms with Crippen molar-refractivity contribution in [3.63, 3.8) is 0 Å². The number of thioether (sulfide) groups is 1. The van der Waals surface area contributed by atoms with Crippen LogP contribution in [0.5, 0.6) is 11.5 Å². The molecule has 0 spiro atoms. The Bertz CT molecular complexity index is 1420. The van der Waals surface area contributed by atoms with Gasteiger partial charge in [0.15, 0.2) is 0 Å². The van der Waals surface area contributed by atoms with Gasteiger partial charge in [0.25, 0.3) is 11.1 Å². The van der Waals surface area contributed by atoms with Crippen molar-refractivity contribution in [2.45, 2.75) is 11.4 Å². The van der Waals surface area contributed by atoms with Gasteiger partial charge < -0.3 is 8.92 Å². The molecule has 0 unspecified atom stereocenters. The van der Waals surface area contributed by atoms with Gasteiger partial charge >= 0.3 is 10.1 Å². The lowest BCUT2D eigenvalue weighted by Crippen LogP contribution is -2.27. The summed E-state index contributed by atoms with van der Waals surface area (Å²) in [5, 5.41) is 0.314. The number of hydrogen-bond donors (Lipinski definition) is 0. The van der Waals surface area contributed by atoms with Crippen molar-refractivity contribution in [2.75, 3.05) is 7.11 Å². The van der Waals surface area contributed by atoms with Crippen LogP contribution in [0.2, 0.25) is 10.0 Å². The number of halogens is 2. The third-order valence-electron chi connectivity index (χ3n) is 4.93. The van der Waals surface area contributed by atoms with Gasteiger partial charge in [0.1, 0.15) is 16.4 Å². The quantitative estimate of drug-likeness (QED) is 0.263. The molecule has 2 amide bonds. The lowest BCUT2D eigenvalue weighted by atomic mass is 10.2. The number of carbonyl (C=O) groups excluding carboxylic acids is 2. The van der Waals surface area contributed by atoms with Crippen LogP contribution in [0.4, 0.5) is 4.79 Å². The third kappa shape index (κ3) is 5.82. The molecule has 0 radical (unpaired) electrons. The molecule has 0 N–H and O–H groups in total. The van der Waals surface area contributed by atoms with Crippen LogP contribution in [0.1, 0.15) is 11.1 Å².